The highest BCUT2D eigenvalue weighted by molar-refractivity contribution is 5.58. The lowest BCUT2D eigenvalue weighted by Gasteiger charge is -2.38. The number of piperidine rings is 1. The van der Waals surface area contributed by atoms with Crippen LogP contribution in [0.5, 0.6) is 0 Å². The molecule has 0 spiro atoms. The molecule has 5 nitrogen and oxygen atoms in total. The summed E-state index contributed by atoms with van der Waals surface area (Å²) in [6.07, 6.45) is 4.80. The van der Waals surface area contributed by atoms with Gasteiger partial charge in [0.1, 0.15) is 0 Å². The molecule has 20 heavy (non-hydrogen) atoms. The van der Waals surface area contributed by atoms with Crippen molar-refractivity contribution in [1.82, 2.24) is 5.32 Å². The van der Waals surface area contributed by atoms with E-state index >= 15 is 0 Å². The maximum Gasteiger partial charge on any atom is 0.269 e. The molecule has 2 rings (SSSR count). The highest BCUT2D eigenvalue weighted by Gasteiger charge is 2.24. The average molecular weight is 277 g/mol. The fourth-order valence-corrected chi connectivity index (χ4v) is 3.00. The molecule has 0 amide bonds. The van der Waals surface area contributed by atoms with Gasteiger partial charge >= 0.3 is 0 Å². The summed E-state index contributed by atoms with van der Waals surface area (Å²) in [5.41, 5.74) is 2.32. The van der Waals surface area contributed by atoms with Crippen LogP contribution in [0.2, 0.25) is 0 Å². The standard InChI is InChI=1S/C15H23N3O2/c1-12-11-14(18(19)20)6-7-15(12)17-10-4-3-5-13(17)8-9-16-2/h6-7,11,13,16H,3-5,8-10H2,1-2H3. The third-order valence-electron chi connectivity index (χ3n) is 4.06. The summed E-state index contributed by atoms with van der Waals surface area (Å²) >= 11 is 0. The second-order valence-electron chi connectivity index (χ2n) is 5.46. The van der Waals surface area contributed by atoms with Gasteiger partial charge in [-0.1, -0.05) is 0 Å². The number of benzene rings is 1. The summed E-state index contributed by atoms with van der Waals surface area (Å²) in [7, 11) is 1.98. The van der Waals surface area contributed by atoms with Crippen molar-refractivity contribution in [2.24, 2.45) is 0 Å². The molecule has 1 aromatic carbocycles. The van der Waals surface area contributed by atoms with Gasteiger partial charge in [-0.2, -0.15) is 0 Å². The Balaban J connectivity index is 2.21. The summed E-state index contributed by atoms with van der Waals surface area (Å²) in [5.74, 6) is 0. The minimum absolute atomic E-state index is 0.176. The lowest BCUT2D eigenvalue weighted by molar-refractivity contribution is -0.384. The van der Waals surface area contributed by atoms with Crippen molar-refractivity contribution in [2.45, 2.75) is 38.6 Å². The molecule has 1 saturated heterocycles. The van der Waals surface area contributed by atoms with Crippen LogP contribution in [0.3, 0.4) is 0 Å². The largest absolute Gasteiger partial charge is 0.368 e. The second-order valence-corrected chi connectivity index (χ2v) is 5.46. The van der Waals surface area contributed by atoms with Gasteiger partial charge < -0.3 is 10.2 Å². The van der Waals surface area contributed by atoms with Crippen LogP contribution in [0.15, 0.2) is 18.2 Å². The Morgan fingerprint density at radius 2 is 2.25 bits per heavy atom. The van der Waals surface area contributed by atoms with Crippen molar-refractivity contribution in [3.8, 4) is 0 Å². The van der Waals surface area contributed by atoms with Gasteiger partial charge in [-0.25, -0.2) is 0 Å². The molecule has 1 N–H and O–H groups in total. The summed E-state index contributed by atoms with van der Waals surface area (Å²) in [4.78, 5) is 12.9. The van der Waals surface area contributed by atoms with E-state index in [4.69, 9.17) is 0 Å². The van der Waals surface area contributed by atoms with Gasteiger partial charge in [0.2, 0.25) is 0 Å². The van der Waals surface area contributed by atoms with Gasteiger partial charge in [-0.3, -0.25) is 10.1 Å². The molecule has 1 atom stereocenters. The van der Waals surface area contributed by atoms with Gasteiger partial charge in [-0.05, 0) is 57.8 Å². The van der Waals surface area contributed by atoms with Gasteiger partial charge in [0, 0.05) is 30.4 Å². The first-order valence-electron chi connectivity index (χ1n) is 7.29. The molecule has 0 aliphatic carbocycles. The Morgan fingerprint density at radius 3 is 2.90 bits per heavy atom. The van der Waals surface area contributed by atoms with Crippen molar-refractivity contribution < 1.29 is 4.92 Å². The summed E-state index contributed by atoms with van der Waals surface area (Å²) in [6, 6.07) is 5.74. The van der Waals surface area contributed by atoms with Crippen molar-refractivity contribution in [2.75, 3.05) is 25.0 Å². The number of aryl methyl sites for hydroxylation is 1. The molecule has 1 unspecified atom stereocenters. The first-order chi connectivity index (χ1) is 9.63. The van der Waals surface area contributed by atoms with Crippen LogP contribution < -0.4 is 10.2 Å². The summed E-state index contributed by atoms with van der Waals surface area (Å²) in [6.45, 7) is 4.02. The fourth-order valence-electron chi connectivity index (χ4n) is 3.00. The van der Waals surface area contributed by atoms with Crippen molar-refractivity contribution in [3.63, 3.8) is 0 Å². The fraction of sp³-hybridized carbons (Fsp3) is 0.600. The topological polar surface area (TPSA) is 58.4 Å². The molecular formula is C15H23N3O2. The Labute approximate surface area is 120 Å². The molecule has 1 aliphatic rings. The van der Waals surface area contributed by atoms with E-state index in [1.54, 1.807) is 12.1 Å². The van der Waals surface area contributed by atoms with Gasteiger partial charge in [-0.15, -0.1) is 0 Å². The number of non-ortho nitro benzene ring substituents is 1. The Morgan fingerprint density at radius 1 is 1.45 bits per heavy atom. The van der Waals surface area contributed by atoms with Gasteiger partial charge in [0.15, 0.2) is 0 Å². The number of nitrogens with zero attached hydrogens (tertiary/aromatic N) is 2. The molecule has 110 valence electrons. The molecule has 0 aromatic heterocycles. The Hall–Kier alpha value is -1.62. The van der Waals surface area contributed by atoms with E-state index in [2.05, 4.69) is 10.2 Å². The maximum absolute atomic E-state index is 10.8. The number of hydrogen-bond acceptors (Lipinski definition) is 4. The summed E-state index contributed by atoms with van der Waals surface area (Å²) in [5, 5.41) is 14.0. The van der Waals surface area contributed by atoms with Gasteiger partial charge in [0.25, 0.3) is 5.69 Å². The molecule has 1 fully saturated rings. The molecule has 0 bridgehead atoms. The van der Waals surface area contributed by atoms with Crippen molar-refractivity contribution in [3.05, 3.63) is 33.9 Å². The lowest BCUT2D eigenvalue weighted by Crippen LogP contribution is -2.41. The number of rotatable bonds is 5. The van der Waals surface area contributed by atoms with E-state index in [-0.39, 0.29) is 10.6 Å². The van der Waals surface area contributed by atoms with Crippen LogP contribution in [-0.4, -0.2) is 31.1 Å². The van der Waals surface area contributed by atoms with Crippen LogP contribution >= 0.6 is 0 Å². The SMILES string of the molecule is CNCCC1CCCCN1c1ccc([N+](=O)[O-])cc1C. The van der Waals surface area contributed by atoms with E-state index in [0.29, 0.717) is 6.04 Å². The van der Waals surface area contributed by atoms with Crippen LogP contribution in [0.25, 0.3) is 0 Å². The third-order valence-corrected chi connectivity index (χ3v) is 4.06. The zero-order chi connectivity index (χ0) is 14.5. The zero-order valence-corrected chi connectivity index (χ0v) is 12.3. The lowest BCUT2D eigenvalue weighted by atomic mass is 9.97. The maximum atomic E-state index is 10.8. The van der Waals surface area contributed by atoms with E-state index < -0.39 is 0 Å². The molecule has 0 saturated carbocycles. The molecule has 5 heteroatoms. The van der Waals surface area contributed by atoms with Gasteiger partial charge in [0.05, 0.1) is 4.92 Å². The van der Waals surface area contributed by atoms with E-state index in [1.165, 1.54) is 19.3 Å². The monoisotopic (exact) mass is 277 g/mol. The van der Waals surface area contributed by atoms with E-state index in [1.807, 2.05) is 20.0 Å². The predicted octanol–water partition coefficient (Wildman–Crippen LogP) is 2.87. The second kappa shape index (κ2) is 6.70. The van der Waals surface area contributed by atoms with Crippen LogP contribution in [0, 0.1) is 17.0 Å². The van der Waals surface area contributed by atoms with E-state index in [9.17, 15) is 10.1 Å². The van der Waals surface area contributed by atoms with E-state index in [0.717, 1.165) is 30.8 Å². The van der Waals surface area contributed by atoms with Crippen molar-refractivity contribution in [1.29, 1.82) is 0 Å². The quantitative estimate of drug-likeness (QED) is 0.664. The number of hydrogen-bond donors (Lipinski definition) is 1. The highest BCUT2D eigenvalue weighted by atomic mass is 16.6. The molecule has 0 radical (unpaired) electrons. The minimum Gasteiger partial charge on any atom is -0.368 e. The van der Waals surface area contributed by atoms with Crippen molar-refractivity contribution >= 4 is 11.4 Å². The number of nitro benzene ring substituents is 1. The number of nitrogens with one attached hydrogen (secondary N) is 1. The smallest absolute Gasteiger partial charge is 0.269 e. The Kier molecular flexibility index (Phi) is 4.95. The molecule has 1 heterocycles. The molecule has 1 aliphatic heterocycles. The average Bonchev–Trinajstić information content (AvgIpc) is 2.45. The highest BCUT2D eigenvalue weighted by Crippen LogP contribution is 2.31. The van der Waals surface area contributed by atoms with Crippen LogP contribution in [0.1, 0.15) is 31.2 Å². The number of nitro groups is 1. The minimum atomic E-state index is -0.328. The van der Waals surface area contributed by atoms with Crippen LogP contribution in [-0.2, 0) is 0 Å². The predicted molar refractivity (Wildman–Crippen MR) is 81.4 cm³/mol. The first kappa shape index (κ1) is 14.8. The zero-order valence-electron chi connectivity index (χ0n) is 12.3. The number of anilines is 1. The molecule has 1 aromatic rings. The Bertz CT molecular complexity index is 476. The van der Waals surface area contributed by atoms with Crippen LogP contribution in [0.4, 0.5) is 11.4 Å². The third kappa shape index (κ3) is 3.28. The summed E-state index contributed by atoms with van der Waals surface area (Å²) < 4.78 is 0. The normalized spacial score (nSPS) is 19.1. The first-order valence-corrected chi connectivity index (χ1v) is 7.29. The molecular weight excluding hydrogens is 254 g/mol.